The van der Waals surface area contributed by atoms with E-state index in [1.807, 2.05) is 30.3 Å². The van der Waals surface area contributed by atoms with E-state index in [9.17, 15) is 9.90 Å². The SMILES string of the molecule is C[Si](C)(C)CCOCn1cc(C2(O)CN(C(=O)OCc3ccccc3)C2)cn1. The van der Waals surface area contributed by atoms with Crippen molar-refractivity contribution in [3.05, 3.63) is 53.9 Å². The number of hydrogen-bond donors (Lipinski definition) is 1. The van der Waals surface area contributed by atoms with Crippen molar-refractivity contribution in [3.8, 4) is 0 Å². The Morgan fingerprint density at radius 1 is 1.25 bits per heavy atom. The van der Waals surface area contributed by atoms with Gasteiger partial charge in [-0.15, -0.1) is 0 Å². The number of aliphatic hydroxyl groups is 1. The molecular formula is C20H29N3O4Si. The molecule has 0 atom stereocenters. The lowest BCUT2D eigenvalue weighted by Gasteiger charge is -2.45. The molecule has 0 saturated carbocycles. The number of nitrogens with zero attached hydrogens (tertiary/aromatic N) is 3. The average Bonchev–Trinajstić information content (AvgIpc) is 3.10. The summed E-state index contributed by atoms with van der Waals surface area (Å²) in [6, 6.07) is 10.6. The van der Waals surface area contributed by atoms with Crippen molar-refractivity contribution in [3.63, 3.8) is 0 Å². The molecule has 2 heterocycles. The first kappa shape index (κ1) is 20.6. The van der Waals surface area contributed by atoms with E-state index in [0.29, 0.717) is 12.3 Å². The van der Waals surface area contributed by atoms with Crippen molar-refractivity contribution in [2.45, 2.75) is 44.6 Å². The second-order valence-corrected chi connectivity index (χ2v) is 14.2. The molecule has 0 radical (unpaired) electrons. The van der Waals surface area contributed by atoms with Gasteiger partial charge in [0.25, 0.3) is 0 Å². The van der Waals surface area contributed by atoms with E-state index in [4.69, 9.17) is 9.47 Å². The molecule has 3 rings (SSSR count). The van der Waals surface area contributed by atoms with Crippen LogP contribution in [-0.2, 0) is 28.4 Å². The van der Waals surface area contributed by atoms with Crippen LogP contribution >= 0.6 is 0 Å². The maximum atomic E-state index is 12.1. The van der Waals surface area contributed by atoms with Crippen LogP contribution in [-0.4, -0.2) is 53.7 Å². The molecule has 2 aromatic rings. The summed E-state index contributed by atoms with van der Waals surface area (Å²) >= 11 is 0. The van der Waals surface area contributed by atoms with Gasteiger partial charge >= 0.3 is 6.09 Å². The minimum Gasteiger partial charge on any atom is -0.445 e. The number of aromatic nitrogens is 2. The Morgan fingerprint density at radius 3 is 2.64 bits per heavy atom. The summed E-state index contributed by atoms with van der Waals surface area (Å²) in [5.74, 6) is 0. The monoisotopic (exact) mass is 403 g/mol. The van der Waals surface area contributed by atoms with Gasteiger partial charge in [-0.1, -0.05) is 50.0 Å². The molecule has 28 heavy (non-hydrogen) atoms. The Balaban J connectivity index is 1.43. The normalized spacial score (nSPS) is 15.9. The van der Waals surface area contributed by atoms with Gasteiger partial charge in [-0.3, -0.25) is 0 Å². The molecule has 0 unspecified atom stereocenters. The molecule has 1 aromatic carbocycles. The van der Waals surface area contributed by atoms with Crippen LogP contribution in [0.1, 0.15) is 11.1 Å². The Labute approximate surface area is 166 Å². The Morgan fingerprint density at radius 2 is 1.96 bits per heavy atom. The zero-order valence-corrected chi connectivity index (χ0v) is 17.8. The summed E-state index contributed by atoms with van der Waals surface area (Å²) in [6.45, 7) is 8.63. The molecular weight excluding hydrogens is 374 g/mol. The first-order valence-electron chi connectivity index (χ1n) is 9.54. The Bertz CT molecular complexity index is 782. The third-order valence-electron chi connectivity index (χ3n) is 4.76. The maximum absolute atomic E-state index is 12.1. The van der Waals surface area contributed by atoms with Gasteiger partial charge in [0.1, 0.15) is 18.9 Å². The van der Waals surface area contributed by atoms with E-state index in [-0.39, 0.29) is 19.7 Å². The second-order valence-electron chi connectivity index (χ2n) is 8.54. The van der Waals surface area contributed by atoms with E-state index in [2.05, 4.69) is 24.7 Å². The van der Waals surface area contributed by atoms with Crippen LogP contribution in [0.3, 0.4) is 0 Å². The van der Waals surface area contributed by atoms with Gasteiger partial charge < -0.3 is 19.5 Å². The molecule has 0 spiro atoms. The fourth-order valence-corrected chi connectivity index (χ4v) is 3.68. The minimum atomic E-state index is -1.11. The summed E-state index contributed by atoms with van der Waals surface area (Å²) in [4.78, 5) is 13.6. The number of carbonyl (C=O) groups is 1. The quantitative estimate of drug-likeness (QED) is 0.542. The summed E-state index contributed by atoms with van der Waals surface area (Å²) < 4.78 is 12.6. The standard InChI is InChI=1S/C20H29N3O4Si/c1-28(2,3)10-9-26-16-23-12-18(11-21-23)20(25)14-22(15-20)19(24)27-13-17-7-5-4-6-8-17/h4-8,11-12,25H,9-10,13-16H2,1-3H3. The van der Waals surface area contributed by atoms with Crippen LogP contribution in [0.25, 0.3) is 0 Å². The van der Waals surface area contributed by atoms with Gasteiger partial charge in [0.05, 0.1) is 19.3 Å². The van der Waals surface area contributed by atoms with Crippen LogP contribution in [0.4, 0.5) is 4.79 Å². The van der Waals surface area contributed by atoms with E-state index >= 15 is 0 Å². The Kier molecular flexibility index (Phi) is 6.22. The van der Waals surface area contributed by atoms with Crippen molar-refractivity contribution in [1.82, 2.24) is 14.7 Å². The summed E-state index contributed by atoms with van der Waals surface area (Å²) in [7, 11) is -1.11. The third-order valence-corrected chi connectivity index (χ3v) is 6.46. The number of benzene rings is 1. The molecule has 1 N–H and O–H groups in total. The molecule has 152 valence electrons. The zero-order valence-electron chi connectivity index (χ0n) is 16.8. The number of rotatable bonds is 8. The lowest BCUT2D eigenvalue weighted by Crippen LogP contribution is -2.61. The molecule has 0 bridgehead atoms. The van der Waals surface area contributed by atoms with Crippen molar-refractivity contribution in [2.24, 2.45) is 0 Å². The van der Waals surface area contributed by atoms with Gasteiger partial charge in [-0.25, -0.2) is 9.48 Å². The molecule has 7 nitrogen and oxygen atoms in total. The lowest BCUT2D eigenvalue weighted by molar-refractivity contribution is -0.0950. The highest BCUT2D eigenvalue weighted by Gasteiger charge is 2.46. The third kappa shape index (κ3) is 5.43. The van der Waals surface area contributed by atoms with Gasteiger partial charge in [-0.2, -0.15) is 5.10 Å². The van der Waals surface area contributed by atoms with Crippen molar-refractivity contribution < 1.29 is 19.4 Å². The molecule has 1 fully saturated rings. The summed E-state index contributed by atoms with van der Waals surface area (Å²) in [5, 5.41) is 15.0. The Hall–Kier alpha value is -2.16. The van der Waals surface area contributed by atoms with Gasteiger partial charge in [-0.05, 0) is 11.6 Å². The minimum absolute atomic E-state index is 0.197. The smallest absolute Gasteiger partial charge is 0.410 e. The number of likely N-dealkylation sites (tertiary alicyclic amines) is 1. The van der Waals surface area contributed by atoms with E-state index in [1.54, 1.807) is 17.1 Å². The molecule has 0 aliphatic carbocycles. The molecule has 1 aromatic heterocycles. The predicted octanol–water partition coefficient (Wildman–Crippen LogP) is 3.04. The van der Waals surface area contributed by atoms with Crippen molar-refractivity contribution in [2.75, 3.05) is 19.7 Å². The van der Waals surface area contributed by atoms with E-state index in [1.165, 1.54) is 4.90 Å². The molecule has 1 aliphatic heterocycles. The highest BCUT2D eigenvalue weighted by atomic mass is 28.3. The molecule has 1 amide bonds. The van der Waals surface area contributed by atoms with Crippen LogP contribution in [0.5, 0.6) is 0 Å². The second kappa shape index (κ2) is 8.46. The van der Waals surface area contributed by atoms with E-state index in [0.717, 1.165) is 18.2 Å². The van der Waals surface area contributed by atoms with Crippen LogP contribution < -0.4 is 0 Å². The van der Waals surface area contributed by atoms with Gasteiger partial charge in [0.2, 0.25) is 0 Å². The first-order valence-corrected chi connectivity index (χ1v) is 13.2. The fourth-order valence-electron chi connectivity index (χ4n) is 2.92. The van der Waals surface area contributed by atoms with Crippen LogP contribution in [0, 0.1) is 0 Å². The highest BCUT2D eigenvalue weighted by molar-refractivity contribution is 6.76. The van der Waals surface area contributed by atoms with E-state index < -0.39 is 19.8 Å². The fraction of sp³-hybridized carbons (Fsp3) is 0.500. The molecule has 1 aliphatic rings. The topological polar surface area (TPSA) is 76.8 Å². The van der Waals surface area contributed by atoms with Gasteiger partial charge in [0, 0.05) is 26.4 Å². The maximum Gasteiger partial charge on any atom is 0.410 e. The summed E-state index contributed by atoms with van der Waals surface area (Å²) in [6.07, 6.45) is 2.99. The highest BCUT2D eigenvalue weighted by Crippen LogP contribution is 2.32. The van der Waals surface area contributed by atoms with Crippen LogP contribution in [0.2, 0.25) is 25.7 Å². The molecule has 1 saturated heterocycles. The lowest BCUT2D eigenvalue weighted by atomic mass is 9.89. The van der Waals surface area contributed by atoms with Gasteiger partial charge in [0.15, 0.2) is 0 Å². The van der Waals surface area contributed by atoms with Crippen molar-refractivity contribution in [1.29, 1.82) is 0 Å². The first-order chi connectivity index (χ1) is 13.3. The predicted molar refractivity (Wildman–Crippen MR) is 108 cm³/mol. The van der Waals surface area contributed by atoms with Crippen molar-refractivity contribution >= 4 is 14.2 Å². The molecule has 8 heteroatoms. The zero-order chi connectivity index (χ0) is 20.2. The number of β-amino-alcohol motifs (C(OH)–C–C–N with tert-alkyl or cyclic N) is 1. The summed E-state index contributed by atoms with van der Waals surface area (Å²) in [5.41, 5.74) is 0.540. The number of amides is 1. The number of ether oxygens (including phenoxy) is 2. The number of hydrogen-bond acceptors (Lipinski definition) is 5. The average molecular weight is 404 g/mol. The largest absolute Gasteiger partial charge is 0.445 e. The van der Waals surface area contributed by atoms with Crippen LogP contribution in [0.15, 0.2) is 42.7 Å². The number of carbonyl (C=O) groups excluding carboxylic acids is 1.